The summed E-state index contributed by atoms with van der Waals surface area (Å²) in [5.74, 6) is 1.03. The molecule has 7 nitrogen and oxygen atoms in total. The second kappa shape index (κ2) is 8.93. The van der Waals surface area contributed by atoms with Crippen molar-refractivity contribution in [3.8, 4) is 0 Å². The average Bonchev–Trinajstić information content (AvgIpc) is 3.51. The molecule has 0 spiro atoms. The van der Waals surface area contributed by atoms with Gasteiger partial charge in [0.15, 0.2) is 5.65 Å². The van der Waals surface area contributed by atoms with Crippen LogP contribution in [0.25, 0.3) is 11.0 Å². The number of carbonyl (C=O) groups is 2. The summed E-state index contributed by atoms with van der Waals surface area (Å²) in [7, 11) is 0. The molecule has 7 heteroatoms. The Morgan fingerprint density at radius 2 is 2.10 bits per heavy atom. The molecule has 2 aliphatic rings. The molecule has 2 amide bonds. The number of hydrogen-bond donors (Lipinski definition) is 1. The van der Waals surface area contributed by atoms with Gasteiger partial charge in [-0.25, -0.2) is 9.67 Å². The second-order valence-corrected chi connectivity index (χ2v) is 8.49. The van der Waals surface area contributed by atoms with Gasteiger partial charge in [0.1, 0.15) is 6.54 Å². The van der Waals surface area contributed by atoms with E-state index >= 15 is 0 Å². The van der Waals surface area contributed by atoms with Crippen LogP contribution in [-0.2, 0) is 16.1 Å². The molecule has 0 aromatic carbocycles. The Kier molecular flexibility index (Phi) is 6.11. The fourth-order valence-corrected chi connectivity index (χ4v) is 4.33. The third-order valence-electron chi connectivity index (χ3n) is 6.17. The number of rotatable bonds is 8. The Balaban J connectivity index is 1.30. The number of aryl methyl sites for hydroxylation is 1. The Labute approximate surface area is 171 Å². The minimum absolute atomic E-state index is 0.0910. The number of aromatic nitrogens is 3. The van der Waals surface area contributed by atoms with Crippen LogP contribution in [0.5, 0.6) is 0 Å². The van der Waals surface area contributed by atoms with Crippen LogP contribution < -0.4 is 5.32 Å². The third-order valence-corrected chi connectivity index (χ3v) is 6.17. The Bertz CT molecular complexity index is 873. The molecule has 1 aliphatic heterocycles. The van der Waals surface area contributed by atoms with Crippen molar-refractivity contribution in [2.75, 3.05) is 13.1 Å². The smallest absolute Gasteiger partial charge is 0.241 e. The molecule has 1 saturated carbocycles. The molecule has 0 bridgehead atoms. The van der Waals surface area contributed by atoms with Crippen molar-refractivity contribution in [1.29, 1.82) is 0 Å². The van der Waals surface area contributed by atoms with Crippen LogP contribution in [0.3, 0.4) is 0 Å². The molecule has 156 valence electrons. The van der Waals surface area contributed by atoms with E-state index in [0.29, 0.717) is 13.0 Å². The van der Waals surface area contributed by atoms with Crippen LogP contribution in [0.1, 0.15) is 57.1 Å². The van der Waals surface area contributed by atoms with Gasteiger partial charge in [0, 0.05) is 37.1 Å². The molecule has 2 fully saturated rings. The first-order chi connectivity index (χ1) is 14.1. The molecule has 29 heavy (non-hydrogen) atoms. The van der Waals surface area contributed by atoms with E-state index in [9.17, 15) is 9.59 Å². The molecule has 1 aliphatic carbocycles. The number of likely N-dealkylation sites (tertiary alicyclic amines) is 1. The lowest BCUT2D eigenvalue weighted by Gasteiger charge is -2.36. The third kappa shape index (κ3) is 4.95. The van der Waals surface area contributed by atoms with Gasteiger partial charge in [-0.2, -0.15) is 5.10 Å². The van der Waals surface area contributed by atoms with E-state index in [0.717, 1.165) is 54.9 Å². The number of nitrogens with one attached hydrogen (secondary N) is 1. The van der Waals surface area contributed by atoms with Gasteiger partial charge < -0.3 is 10.2 Å². The van der Waals surface area contributed by atoms with E-state index in [1.165, 1.54) is 19.3 Å². The molecular weight excluding hydrogens is 366 g/mol. The quantitative estimate of drug-likeness (QED) is 0.743. The van der Waals surface area contributed by atoms with Gasteiger partial charge in [-0.15, -0.1) is 0 Å². The highest BCUT2D eigenvalue weighted by molar-refractivity contribution is 5.81. The first kappa shape index (κ1) is 19.9. The second-order valence-electron chi connectivity index (χ2n) is 8.49. The zero-order valence-corrected chi connectivity index (χ0v) is 17.3. The minimum Gasteiger partial charge on any atom is -0.352 e. The Morgan fingerprint density at radius 3 is 2.93 bits per heavy atom. The minimum atomic E-state index is -0.0910. The molecule has 3 heterocycles. The lowest BCUT2D eigenvalue weighted by Crippen LogP contribution is -2.49. The van der Waals surface area contributed by atoms with Crippen molar-refractivity contribution in [2.45, 2.75) is 70.9 Å². The fourth-order valence-electron chi connectivity index (χ4n) is 4.33. The Morgan fingerprint density at radius 1 is 1.24 bits per heavy atom. The summed E-state index contributed by atoms with van der Waals surface area (Å²) in [6.07, 6.45) is 10.4. The van der Waals surface area contributed by atoms with Gasteiger partial charge in [-0.1, -0.05) is 12.8 Å². The summed E-state index contributed by atoms with van der Waals surface area (Å²) >= 11 is 0. The van der Waals surface area contributed by atoms with E-state index in [1.54, 1.807) is 10.9 Å². The Hall–Kier alpha value is -2.44. The lowest BCUT2D eigenvalue weighted by molar-refractivity contribution is -0.135. The van der Waals surface area contributed by atoms with Crippen LogP contribution in [0.15, 0.2) is 18.3 Å². The van der Waals surface area contributed by atoms with Gasteiger partial charge >= 0.3 is 0 Å². The van der Waals surface area contributed by atoms with Gasteiger partial charge in [-0.05, 0) is 57.1 Å². The van der Waals surface area contributed by atoms with Crippen LogP contribution in [0.4, 0.5) is 0 Å². The molecule has 1 saturated heterocycles. The lowest BCUT2D eigenvalue weighted by atomic mass is 10.0. The van der Waals surface area contributed by atoms with E-state index in [1.807, 2.05) is 24.0 Å². The number of pyridine rings is 1. The monoisotopic (exact) mass is 397 g/mol. The molecule has 1 N–H and O–H groups in total. The normalized spacial score (nSPS) is 19.5. The zero-order valence-electron chi connectivity index (χ0n) is 17.3. The number of piperidine rings is 1. The van der Waals surface area contributed by atoms with E-state index < -0.39 is 0 Å². The van der Waals surface area contributed by atoms with Crippen molar-refractivity contribution in [1.82, 2.24) is 25.0 Å². The molecular formula is C22H31N5O2. The first-order valence-corrected chi connectivity index (χ1v) is 11.0. The number of carbonyl (C=O) groups excluding carboxylic acids is 2. The SMILES string of the molecule is Cc1nn(CC(=O)NCC2CCCCN2C(=O)CCCC2CC2)c2ncccc12. The number of fused-ring (bicyclic) bond motifs is 1. The molecule has 0 radical (unpaired) electrons. The summed E-state index contributed by atoms with van der Waals surface area (Å²) in [4.78, 5) is 31.6. The van der Waals surface area contributed by atoms with Crippen molar-refractivity contribution < 1.29 is 9.59 Å². The first-order valence-electron chi connectivity index (χ1n) is 11.0. The summed E-state index contributed by atoms with van der Waals surface area (Å²) in [6, 6.07) is 3.95. The number of amides is 2. The van der Waals surface area contributed by atoms with Crippen molar-refractivity contribution in [3.63, 3.8) is 0 Å². The van der Waals surface area contributed by atoms with E-state index in [4.69, 9.17) is 0 Å². The predicted molar refractivity (Wildman–Crippen MR) is 111 cm³/mol. The van der Waals surface area contributed by atoms with Gasteiger partial charge in [-0.3, -0.25) is 9.59 Å². The van der Waals surface area contributed by atoms with Crippen molar-refractivity contribution >= 4 is 22.8 Å². The van der Waals surface area contributed by atoms with Gasteiger partial charge in [0.2, 0.25) is 11.8 Å². The summed E-state index contributed by atoms with van der Waals surface area (Å²) in [6.45, 7) is 3.39. The van der Waals surface area contributed by atoms with Crippen molar-refractivity contribution in [3.05, 3.63) is 24.0 Å². The topological polar surface area (TPSA) is 80.1 Å². The highest BCUT2D eigenvalue weighted by Gasteiger charge is 2.27. The van der Waals surface area contributed by atoms with Crippen molar-refractivity contribution in [2.24, 2.45) is 5.92 Å². The molecule has 1 atom stereocenters. The molecule has 2 aromatic heterocycles. The van der Waals surface area contributed by atoms with Gasteiger partial charge in [0.25, 0.3) is 0 Å². The van der Waals surface area contributed by atoms with Crippen LogP contribution in [0, 0.1) is 12.8 Å². The van der Waals surface area contributed by atoms with E-state index in [2.05, 4.69) is 15.4 Å². The molecule has 2 aromatic rings. The maximum atomic E-state index is 12.7. The van der Waals surface area contributed by atoms with Crippen LogP contribution >= 0.6 is 0 Å². The molecule has 4 rings (SSSR count). The van der Waals surface area contributed by atoms with Crippen LogP contribution in [0.2, 0.25) is 0 Å². The number of nitrogens with zero attached hydrogens (tertiary/aromatic N) is 4. The summed E-state index contributed by atoms with van der Waals surface area (Å²) in [5, 5.41) is 8.44. The zero-order chi connectivity index (χ0) is 20.2. The van der Waals surface area contributed by atoms with E-state index in [-0.39, 0.29) is 24.4 Å². The van der Waals surface area contributed by atoms with Gasteiger partial charge in [0.05, 0.1) is 5.69 Å². The predicted octanol–water partition coefficient (Wildman–Crippen LogP) is 2.82. The highest BCUT2D eigenvalue weighted by Crippen LogP contribution is 2.34. The number of hydrogen-bond acceptors (Lipinski definition) is 4. The fraction of sp³-hybridized carbons (Fsp3) is 0.636. The maximum absolute atomic E-state index is 12.7. The summed E-state index contributed by atoms with van der Waals surface area (Å²) in [5.41, 5.74) is 1.60. The maximum Gasteiger partial charge on any atom is 0.241 e. The standard InChI is InChI=1S/C22H31N5O2/c1-16-19-8-5-12-23-22(19)27(25-16)15-20(28)24-14-18-7-2-3-13-26(18)21(29)9-4-6-17-10-11-17/h5,8,12,17-18H,2-4,6-7,9-11,13-15H2,1H3,(H,24,28). The van der Waals surface area contributed by atoms with Crippen LogP contribution in [-0.4, -0.2) is 50.6 Å². The summed E-state index contributed by atoms with van der Waals surface area (Å²) < 4.78 is 1.65. The average molecular weight is 398 g/mol. The largest absolute Gasteiger partial charge is 0.352 e. The molecule has 1 unspecified atom stereocenters. The highest BCUT2D eigenvalue weighted by atomic mass is 16.2.